The Morgan fingerprint density at radius 1 is 1.33 bits per heavy atom. The van der Waals surface area contributed by atoms with Gasteiger partial charge in [0.1, 0.15) is 5.82 Å². The van der Waals surface area contributed by atoms with E-state index in [0.29, 0.717) is 0 Å². The van der Waals surface area contributed by atoms with Gasteiger partial charge < -0.3 is 5.32 Å². The van der Waals surface area contributed by atoms with E-state index in [4.69, 9.17) is 5.10 Å². The molecular weight excluding hydrogens is 242 g/mol. The van der Waals surface area contributed by atoms with E-state index in [1.54, 1.807) is 0 Å². The summed E-state index contributed by atoms with van der Waals surface area (Å²) in [6.45, 7) is 3.13. The molecular formula is C14H17N3S. The van der Waals surface area contributed by atoms with Gasteiger partial charge in [-0.2, -0.15) is 16.9 Å². The molecule has 1 aromatic heterocycles. The fourth-order valence-electron chi connectivity index (χ4n) is 2.37. The first-order valence-corrected chi connectivity index (χ1v) is 7.59. The summed E-state index contributed by atoms with van der Waals surface area (Å²) in [5, 5.41) is 8.21. The molecule has 94 valence electrons. The van der Waals surface area contributed by atoms with Gasteiger partial charge in [0.05, 0.1) is 11.4 Å². The summed E-state index contributed by atoms with van der Waals surface area (Å²) in [7, 11) is 0. The van der Waals surface area contributed by atoms with Gasteiger partial charge >= 0.3 is 0 Å². The molecule has 0 unspecified atom stereocenters. The third kappa shape index (κ3) is 1.90. The summed E-state index contributed by atoms with van der Waals surface area (Å²) in [5.74, 6) is 2.17. The van der Waals surface area contributed by atoms with Crippen molar-refractivity contribution in [1.82, 2.24) is 9.78 Å². The molecule has 2 heterocycles. The highest BCUT2D eigenvalue weighted by Gasteiger charge is 2.22. The van der Waals surface area contributed by atoms with Crippen LogP contribution in [0, 0.1) is 6.92 Å². The van der Waals surface area contributed by atoms with E-state index in [1.165, 1.54) is 22.6 Å². The predicted molar refractivity (Wildman–Crippen MR) is 77.7 cm³/mol. The number of nitrogens with zero attached hydrogens (tertiary/aromatic N) is 2. The minimum absolute atomic E-state index is 0.989. The lowest BCUT2D eigenvalue weighted by molar-refractivity contribution is 0.853. The zero-order chi connectivity index (χ0) is 12.5. The Morgan fingerprint density at radius 2 is 2.11 bits per heavy atom. The average Bonchev–Trinajstić information content (AvgIpc) is 2.95. The van der Waals surface area contributed by atoms with Gasteiger partial charge in [0.15, 0.2) is 0 Å². The molecule has 3 rings (SSSR count). The molecule has 18 heavy (non-hydrogen) atoms. The summed E-state index contributed by atoms with van der Waals surface area (Å²) in [5.41, 5.74) is 5.03. The van der Waals surface area contributed by atoms with Crippen LogP contribution in [0.2, 0.25) is 0 Å². The van der Waals surface area contributed by atoms with Crippen LogP contribution in [-0.4, -0.2) is 22.6 Å². The monoisotopic (exact) mass is 259 g/mol. The van der Waals surface area contributed by atoms with Gasteiger partial charge in [-0.15, -0.1) is 0 Å². The summed E-state index contributed by atoms with van der Waals surface area (Å²) in [4.78, 5) is 0. The van der Waals surface area contributed by atoms with E-state index >= 15 is 0 Å². The Labute approximate surface area is 112 Å². The first-order chi connectivity index (χ1) is 8.79. The van der Waals surface area contributed by atoms with Gasteiger partial charge in [0.2, 0.25) is 0 Å². The second-order valence-electron chi connectivity index (χ2n) is 4.63. The summed E-state index contributed by atoms with van der Waals surface area (Å²) >= 11 is 1.83. The van der Waals surface area contributed by atoms with Crippen LogP contribution in [0.4, 0.5) is 5.82 Å². The van der Waals surface area contributed by atoms with Crippen LogP contribution >= 0.6 is 11.8 Å². The summed E-state index contributed by atoms with van der Waals surface area (Å²) < 4.78 is 2.05. The number of anilines is 1. The van der Waals surface area contributed by atoms with Crippen LogP contribution in [-0.2, 0) is 12.2 Å². The van der Waals surface area contributed by atoms with Gasteiger partial charge in [0, 0.05) is 17.9 Å². The first-order valence-electron chi connectivity index (χ1n) is 6.20. The standard InChI is InChI=1S/C14H17N3S/c1-10-3-5-11(6-4-10)17-14-12(7-8-15-14)13(16-17)9-18-2/h3-6,15H,7-9H2,1-2H3. The number of nitrogens with one attached hydrogen (secondary N) is 1. The maximum Gasteiger partial charge on any atom is 0.133 e. The molecule has 1 N–H and O–H groups in total. The average molecular weight is 259 g/mol. The van der Waals surface area contributed by atoms with E-state index in [-0.39, 0.29) is 0 Å². The normalized spacial score (nSPS) is 13.4. The molecule has 1 aliphatic heterocycles. The van der Waals surface area contributed by atoms with Gasteiger partial charge in [0.25, 0.3) is 0 Å². The maximum atomic E-state index is 4.75. The lowest BCUT2D eigenvalue weighted by Crippen LogP contribution is -2.04. The molecule has 0 amide bonds. The minimum Gasteiger partial charge on any atom is -0.369 e. The van der Waals surface area contributed by atoms with Crippen LogP contribution in [0.15, 0.2) is 24.3 Å². The molecule has 0 bridgehead atoms. The Morgan fingerprint density at radius 3 is 2.83 bits per heavy atom. The molecule has 0 aliphatic carbocycles. The molecule has 0 saturated carbocycles. The van der Waals surface area contributed by atoms with Crippen molar-refractivity contribution in [3.63, 3.8) is 0 Å². The number of fused-ring (bicyclic) bond motifs is 1. The third-order valence-corrected chi connectivity index (χ3v) is 3.86. The summed E-state index contributed by atoms with van der Waals surface area (Å²) in [6, 6.07) is 8.52. The van der Waals surface area contributed by atoms with Gasteiger partial charge in [-0.3, -0.25) is 0 Å². The Hall–Kier alpha value is -1.42. The zero-order valence-electron chi connectivity index (χ0n) is 10.7. The van der Waals surface area contributed by atoms with Crippen LogP contribution in [0.1, 0.15) is 16.8 Å². The highest BCUT2D eigenvalue weighted by molar-refractivity contribution is 7.97. The van der Waals surface area contributed by atoms with E-state index < -0.39 is 0 Å². The molecule has 4 heteroatoms. The molecule has 0 fully saturated rings. The molecule has 0 radical (unpaired) electrons. The number of rotatable bonds is 3. The maximum absolute atomic E-state index is 4.75. The zero-order valence-corrected chi connectivity index (χ0v) is 11.5. The lowest BCUT2D eigenvalue weighted by atomic mass is 10.2. The van der Waals surface area contributed by atoms with Crippen molar-refractivity contribution in [2.45, 2.75) is 19.1 Å². The fourth-order valence-corrected chi connectivity index (χ4v) is 2.88. The number of aromatic nitrogens is 2. The van der Waals surface area contributed by atoms with Crippen molar-refractivity contribution in [2.75, 3.05) is 18.1 Å². The van der Waals surface area contributed by atoms with Crippen molar-refractivity contribution < 1.29 is 0 Å². The highest BCUT2D eigenvalue weighted by Crippen LogP contribution is 2.30. The van der Waals surface area contributed by atoms with E-state index in [2.05, 4.69) is 42.8 Å². The third-order valence-electron chi connectivity index (χ3n) is 3.29. The molecule has 2 aromatic rings. The van der Waals surface area contributed by atoms with Crippen molar-refractivity contribution >= 4 is 17.6 Å². The highest BCUT2D eigenvalue weighted by atomic mass is 32.2. The molecule has 0 saturated heterocycles. The second-order valence-corrected chi connectivity index (χ2v) is 5.50. The van der Waals surface area contributed by atoms with Crippen LogP contribution in [0.25, 0.3) is 5.69 Å². The Balaban J connectivity index is 2.07. The second kappa shape index (κ2) is 4.69. The van der Waals surface area contributed by atoms with Crippen molar-refractivity contribution in [3.8, 4) is 5.69 Å². The molecule has 1 aliphatic rings. The van der Waals surface area contributed by atoms with Crippen molar-refractivity contribution in [3.05, 3.63) is 41.1 Å². The Bertz CT molecular complexity index is 557. The van der Waals surface area contributed by atoms with E-state index in [0.717, 1.165) is 24.4 Å². The van der Waals surface area contributed by atoms with Crippen LogP contribution in [0.5, 0.6) is 0 Å². The quantitative estimate of drug-likeness (QED) is 0.919. The minimum atomic E-state index is 0.989. The number of aryl methyl sites for hydroxylation is 1. The van der Waals surface area contributed by atoms with E-state index in [1.807, 2.05) is 16.4 Å². The van der Waals surface area contributed by atoms with Gasteiger partial charge in [-0.05, 0) is 31.7 Å². The summed E-state index contributed by atoms with van der Waals surface area (Å²) in [6.07, 6.45) is 3.22. The predicted octanol–water partition coefficient (Wildman–Crippen LogP) is 3.01. The number of thioether (sulfide) groups is 1. The first kappa shape index (κ1) is 11.7. The molecule has 1 aromatic carbocycles. The van der Waals surface area contributed by atoms with Crippen LogP contribution < -0.4 is 5.32 Å². The van der Waals surface area contributed by atoms with Gasteiger partial charge in [-0.1, -0.05) is 17.7 Å². The SMILES string of the molecule is CSCc1nn(-c2ccc(C)cc2)c2c1CCN2. The number of benzene rings is 1. The van der Waals surface area contributed by atoms with Crippen molar-refractivity contribution in [1.29, 1.82) is 0 Å². The van der Waals surface area contributed by atoms with E-state index in [9.17, 15) is 0 Å². The smallest absolute Gasteiger partial charge is 0.133 e. The molecule has 3 nitrogen and oxygen atoms in total. The Kier molecular flexibility index (Phi) is 3.04. The topological polar surface area (TPSA) is 29.9 Å². The lowest BCUT2D eigenvalue weighted by Gasteiger charge is -2.06. The largest absolute Gasteiger partial charge is 0.369 e. The number of hydrogen-bond donors (Lipinski definition) is 1. The molecule has 0 atom stereocenters. The van der Waals surface area contributed by atoms with Crippen molar-refractivity contribution in [2.24, 2.45) is 0 Å². The number of hydrogen-bond acceptors (Lipinski definition) is 3. The van der Waals surface area contributed by atoms with Gasteiger partial charge in [-0.25, -0.2) is 4.68 Å². The molecule has 0 spiro atoms. The fraction of sp³-hybridized carbons (Fsp3) is 0.357. The van der Waals surface area contributed by atoms with Crippen LogP contribution in [0.3, 0.4) is 0 Å².